The van der Waals surface area contributed by atoms with E-state index in [9.17, 15) is 9.59 Å². The Morgan fingerprint density at radius 1 is 1.28 bits per heavy atom. The largest absolute Gasteiger partial charge is 0.380 e. The number of nitrogens with two attached hydrogens (primary N) is 1. The molecule has 7 heteroatoms. The van der Waals surface area contributed by atoms with Gasteiger partial charge in [-0.1, -0.05) is 6.92 Å². The Labute approximate surface area is 148 Å². The van der Waals surface area contributed by atoms with Crippen molar-refractivity contribution in [3.63, 3.8) is 0 Å². The first-order chi connectivity index (χ1) is 12.0. The minimum atomic E-state index is -0.624. The molecule has 0 bridgehead atoms. The third-order valence-electron chi connectivity index (χ3n) is 5.29. The number of hydrogen-bond acceptors (Lipinski definition) is 5. The van der Waals surface area contributed by atoms with Crippen molar-refractivity contribution < 1.29 is 14.3 Å². The highest BCUT2D eigenvalue weighted by Gasteiger charge is 2.39. The van der Waals surface area contributed by atoms with Gasteiger partial charge in [-0.25, -0.2) is 4.98 Å². The predicted molar refractivity (Wildman–Crippen MR) is 94.3 cm³/mol. The number of methoxy groups -OCH3 is 1. The molecule has 2 aliphatic heterocycles. The number of nitrogens with zero attached hydrogens (tertiary/aromatic N) is 3. The summed E-state index contributed by atoms with van der Waals surface area (Å²) in [6.07, 6.45) is 4.19. The van der Waals surface area contributed by atoms with Gasteiger partial charge in [-0.15, -0.1) is 0 Å². The van der Waals surface area contributed by atoms with Crippen LogP contribution in [0.15, 0.2) is 18.3 Å². The summed E-state index contributed by atoms with van der Waals surface area (Å²) >= 11 is 0. The van der Waals surface area contributed by atoms with Gasteiger partial charge in [-0.3, -0.25) is 9.59 Å². The SMILES string of the molecule is CO[C@H]1C[C@@H](C(N)=O)N(C(=O)c2ccc(N3CCC(C)CC3)nc2)C1. The number of rotatable bonds is 4. The van der Waals surface area contributed by atoms with Gasteiger partial charge in [-0.05, 0) is 30.9 Å². The number of anilines is 1. The number of carbonyl (C=O) groups is 2. The molecule has 136 valence electrons. The molecule has 3 rings (SSSR count). The lowest BCUT2D eigenvalue weighted by Crippen LogP contribution is -2.43. The number of primary amides is 1. The lowest BCUT2D eigenvalue weighted by molar-refractivity contribution is -0.121. The van der Waals surface area contributed by atoms with Crippen molar-refractivity contribution in [1.82, 2.24) is 9.88 Å². The maximum Gasteiger partial charge on any atom is 0.256 e. The first-order valence-corrected chi connectivity index (χ1v) is 8.83. The van der Waals surface area contributed by atoms with Gasteiger partial charge >= 0.3 is 0 Å². The summed E-state index contributed by atoms with van der Waals surface area (Å²) in [7, 11) is 1.58. The maximum absolute atomic E-state index is 12.8. The molecule has 25 heavy (non-hydrogen) atoms. The lowest BCUT2D eigenvalue weighted by atomic mass is 9.99. The van der Waals surface area contributed by atoms with E-state index in [4.69, 9.17) is 10.5 Å². The van der Waals surface area contributed by atoms with Gasteiger partial charge in [0, 0.05) is 39.4 Å². The van der Waals surface area contributed by atoms with Gasteiger partial charge in [0.05, 0.1) is 11.7 Å². The molecule has 0 aliphatic carbocycles. The van der Waals surface area contributed by atoms with Gasteiger partial charge in [0.25, 0.3) is 5.91 Å². The van der Waals surface area contributed by atoms with E-state index in [0.29, 0.717) is 18.5 Å². The summed E-state index contributed by atoms with van der Waals surface area (Å²) in [5.74, 6) is 0.924. The third-order valence-corrected chi connectivity index (χ3v) is 5.29. The van der Waals surface area contributed by atoms with Crippen LogP contribution in [0.4, 0.5) is 5.82 Å². The van der Waals surface area contributed by atoms with E-state index < -0.39 is 11.9 Å². The monoisotopic (exact) mass is 346 g/mol. The van der Waals surface area contributed by atoms with Crippen LogP contribution in [0.25, 0.3) is 0 Å². The molecule has 7 nitrogen and oxygen atoms in total. The highest BCUT2D eigenvalue weighted by Crippen LogP contribution is 2.24. The molecule has 1 aromatic rings. The minimum absolute atomic E-state index is 0.163. The minimum Gasteiger partial charge on any atom is -0.380 e. The summed E-state index contributed by atoms with van der Waals surface area (Å²) in [4.78, 5) is 32.6. The zero-order chi connectivity index (χ0) is 18.0. The summed E-state index contributed by atoms with van der Waals surface area (Å²) < 4.78 is 5.29. The Bertz CT molecular complexity index is 626. The first-order valence-electron chi connectivity index (χ1n) is 8.83. The molecule has 0 radical (unpaired) electrons. The number of ether oxygens (including phenoxy) is 1. The van der Waals surface area contributed by atoms with E-state index in [1.165, 1.54) is 4.90 Å². The number of piperidine rings is 1. The topological polar surface area (TPSA) is 88.8 Å². The lowest BCUT2D eigenvalue weighted by Gasteiger charge is -2.31. The fourth-order valence-electron chi connectivity index (χ4n) is 3.57. The number of carbonyl (C=O) groups excluding carboxylic acids is 2. The number of amides is 2. The summed E-state index contributed by atoms with van der Waals surface area (Å²) in [6.45, 7) is 4.62. The summed E-state index contributed by atoms with van der Waals surface area (Å²) in [5, 5.41) is 0. The highest BCUT2D eigenvalue weighted by atomic mass is 16.5. The summed E-state index contributed by atoms with van der Waals surface area (Å²) in [6, 6.07) is 3.04. The van der Waals surface area contributed by atoms with Crippen molar-refractivity contribution in [3.8, 4) is 0 Å². The molecule has 0 saturated carbocycles. The van der Waals surface area contributed by atoms with Gasteiger partial charge in [0.2, 0.25) is 5.91 Å². The van der Waals surface area contributed by atoms with Gasteiger partial charge in [0.15, 0.2) is 0 Å². The summed E-state index contributed by atoms with van der Waals surface area (Å²) in [5.41, 5.74) is 5.91. The second-order valence-corrected chi connectivity index (χ2v) is 7.04. The van der Waals surface area contributed by atoms with E-state index in [1.807, 2.05) is 6.07 Å². The number of aromatic nitrogens is 1. The van der Waals surface area contributed by atoms with E-state index in [2.05, 4.69) is 16.8 Å². The molecular formula is C18H26N4O3. The van der Waals surface area contributed by atoms with Crippen LogP contribution in [0.1, 0.15) is 36.5 Å². The Hall–Kier alpha value is -2.15. The Morgan fingerprint density at radius 2 is 2.00 bits per heavy atom. The molecule has 2 saturated heterocycles. The first kappa shape index (κ1) is 17.7. The Morgan fingerprint density at radius 3 is 2.56 bits per heavy atom. The van der Waals surface area contributed by atoms with Crippen molar-refractivity contribution in [2.24, 2.45) is 11.7 Å². The van der Waals surface area contributed by atoms with Crippen molar-refractivity contribution in [1.29, 1.82) is 0 Å². The zero-order valence-corrected chi connectivity index (χ0v) is 14.9. The average molecular weight is 346 g/mol. The molecule has 2 atom stereocenters. The Kier molecular flexibility index (Phi) is 5.22. The predicted octanol–water partition coefficient (Wildman–Crippen LogP) is 1.03. The van der Waals surface area contributed by atoms with Crippen LogP contribution in [0, 0.1) is 5.92 Å². The normalized spacial score (nSPS) is 24.6. The van der Waals surface area contributed by atoms with Crippen LogP contribution in [0.5, 0.6) is 0 Å². The molecule has 3 heterocycles. The zero-order valence-electron chi connectivity index (χ0n) is 14.9. The number of pyridine rings is 1. The van der Waals surface area contributed by atoms with Crippen molar-refractivity contribution in [2.45, 2.75) is 38.3 Å². The third kappa shape index (κ3) is 3.76. The van der Waals surface area contributed by atoms with E-state index in [-0.39, 0.29) is 12.0 Å². The van der Waals surface area contributed by atoms with Gasteiger partial charge in [-0.2, -0.15) is 0 Å². The smallest absolute Gasteiger partial charge is 0.256 e. The van der Waals surface area contributed by atoms with Crippen LogP contribution in [-0.4, -0.2) is 60.6 Å². The fourth-order valence-corrected chi connectivity index (χ4v) is 3.57. The average Bonchev–Trinajstić information content (AvgIpc) is 3.07. The van der Waals surface area contributed by atoms with Crippen LogP contribution < -0.4 is 10.6 Å². The molecule has 2 amide bonds. The number of likely N-dealkylation sites (tertiary alicyclic amines) is 1. The van der Waals surface area contributed by atoms with E-state index in [1.54, 1.807) is 19.4 Å². The molecule has 2 aliphatic rings. The molecule has 0 aromatic carbocycles. The van der Waals surface area contributed by atoms with E-state index >= 15 is 0 Å². The van der Waals surface area contributed by atoms with Gasteiger partial charge < -0.3 is 20.3 Å². The molecule has 2 fully saturated rings. The van der Waals surface area contributed by atoms with Crippen LogP contribution in [-0.2, 0) is 9.53 Å². The molecular weight excluding hydrogens is 320 g/mol. The van der Waals surface area contributed by atoms with Gasteiger partial charge in [0.1, 0.15) is 11.9 Å². The second-order valence-electron chi connectivity index (χ2n) is 7.04. The Balaban J connectivity index is 1.71. The maximum atomic E-state index is 12.8. The fraction of sp³-hybridized carbons (Fsp3) is 0.611. The second kappa shape index (κ2) is 7.39. The van der Waals surface area contributed by atoms with E-state index in [0.717, 1.165) is 37.7 Å². The number of hydrogen-bond donors (Lipinski definition) is 1. The molecule has 0 spiro atoms. The molecule has 0 unspecified atom stereocenters. The van der Waals surface area contributed by atoms with Crippen molar-refractivity contribution >= 4 is 17.6 Å². The molecule has 1 aromatic heterocycles. The molecule has 2 N–H and O–H groups in total. The van der Waals surface area contributed by atoms with Crippen LogP contribution in [0.2, 0.25) is 0 Å². The standard InChI is InChI=1S/C18H26N4O3/c1-12-5-7-21(8-6-12)16-4-3-13(10-20-16)18(24)22-11-14(25-2)9-15(22)17(19)23/h3-4,10,12,14-15H,5-9,11H2,1-2H3,(H2,19,23)/t14-,15-/m0/s1. The van der Waals surface area contributed by atoms with Crippen LogP contribution in [0.3, 0.4) is 0 Å². The van der Waals surface area contributed by atoms with Crippen molar-refractivity contribution in [3.05, 3.63) is 23.9 Å². The van der Waals surface area contributed by atoms with Crippen LogP contribution >= 0.6 is 0 Å². The quantitative estimate of drug-likeness (QED) is 0.880. The highest BCUT2D eigenvalue weighted by molar-refractivity contribution is 5.97. The van der Waals surface area contributed by atoms with Crippen molar-refractivity contribution in [2.75, 3.05) is 31.6 Å².